The molecule has 80 heavy (non-hydrogen) atoms. The second-order valence-corrected chi connectivity index (χ2v) is 24.1. The summed E-state index contributed by atoms with van der Waals surface area (Å²) in [6, 6.07) is 9.62. The van der Waals surface area contributed by atoms with E-state index in [1.165, 1.54) is 11.1 Å². The van der Waals surface area contributed by atoms with Crippen molar-refractivity contribution in [2.45, 2.75) is 180 Å². The first kappa shape index (κ1) is 58.9. The van der Waals surface area contributed by atoms with Crippen LogP contribution in [0.15, 0.2) is 60.9 Å². The summed E-state index contributed by atoms with van der Waals surface area (Å²) in [5, 5.41) is 41.3. The Morgan fingerprint density at radius 2 is 0.975 bits per heavy atom. The van der Waals surface area contributed by atoms with Crippen LogP contribution in [-0.2, 0) is 54.7 Å². The fourth-order valence-corrected chi connectivity index (χ4v) is 11.3. The van der Waals surface area contributed by atoms with Gasteiger partial charge in [0.05, 0.1) is 61.7 Å². The number of nitrogens with one attached hydrogen (secondary N) is 8. The molecule has 2 aromatic heterocycles. The highest BCUT2D eigenvalue weighted by Crippen LogP contribution is 2.36. The molecule has 8 amide bonds. The Labute approximate surface area is 468 Å². The number of aryl methyl sites for hydroxylation is 2. The summed E-state index contributed by atoms with van der Waals surface area (Å²) in [4.78, 5) is 101. The second-order valence-electron chi connectivity index (χ2n) is 24.1. The zero-order valence-electron chi connectivity index (χ0n) is 48.0. The van der Waals surface area contributed by atoms with Gasteiger partial charge < -0.3 is 52.3 Å². The van der Waals surface area contributed by atoms with Gasteiger partial charge in [0, 0.05) is 25.9 Å². The zero-order valence-corrected chi connectivity index (χ0v) is 48.0. The lowest BCUT2D eigenvalue weighted by molar-refractivity contribution is -0.144. The van der Waals surface area contributed by atoms with Gasteiger partial charge in [-0.3, -0.25) is 28.8 Å². The molecule has 0 bridgehead atoms. The molecule has 2 aliphatic carbocycles. The molecule has 23 nitrogen and oxygen atoms in total. The van der Waals surface area contributed by atoms with Crippen LogP contribution in [0.4, 0.5) is 4.79 Å². The molecular weight excluding hydrogens is 1020 g/mol. The maximum absolute atomic E-state index is 14.7. The number of likely N-dealkylation sites (N-methyl/N-ethyl adjacent to an activating group) is 2. The molecule has 4 aliphatic rings. The third kappa shape index (κ3) is 13.6. The highest BCUT2D eigenvalue weighted by Gasteiger charge is 2.48. The maximum Gasteiger partial charge on any atom is 0.315 e. The molecule has 8 rings (SSSR count). The highest BCUT2D eigenvalue weighted by molar-refractivity contribution is 5.95. The van der Waals surface area contributed by atoms with E-state index in [9.17, 15) is 33.6 Å². The van der Waals surface area contributed by atoms with Gasteiger partial charge in [-0.2, -0.15) is 0 Å². The number of rotatable bonds is 18. The van der Waals surface area contributed by atoms with Crippen LogP contribution in [0, 0.1) is 10.8 Å². The van der Waals surface area contributed by atoms with Crippen LogP contribution in [0.2, 0.25) is 0 Å². The molecule has 8 N–H and O–H groups in total. The van der Waals surface area contributed by atoms with E-state index in [-0.39, 0.29) is 86.5 Å². The molecule has 2 aliphatic heterocycles. The normalized spacial score (nSPS) is 22.4. The highest BCUT2D eigenvalue weighted by atomic mass is 16.2. The van der Waals surface area contributed by atoms with Gasteiger partial charge in [0.15, 0.2) is 0 Å². The number of aromatic nitrogens is 6. The van der Waals surface area contributed by atoms with Crippen LogP contribution in [0.25, 0.3) is 0 Å². The number of fused-ring (bicyclic) bond motifs is 2. The predicted octanol–water partition coefficient (Wildman–Crippen LogP) is 2.82. The van der Waals surface area contributed by atoms with E-state index >= 15 is 0 Å². The van der Waals surface area contributed by atoms with Crippen molar-refractivity contribution in [1.29, 1.82) is 0 Å². The lowest BCUT2D eigenvalue weighted by Crippen LogP contribution is -2.59. The molecular formula is C57H82N16O7. The molecule has 2 fully saturated rings. The summed E-state index contributed by atoms with van der Waals surface area (Å²) >= 11 is 0. The second kappa shape index (κ2) is 25.0. The molecule has 4 aromatic rings. The van der Waals surface area contributed by atoms with Crippen molar-refractivity contribution in [2.75, 3.05) is 27.2 Å². The first-order valence-electron chi connectivity index (χ1n) is 28.2. The van der Waals surface area contributed by atoms with E-state index in [1.807, 2.05) is 77.9 Å². The van der Waals surface area contributed by atoms with Gasteiger partial charge in [-0.05, 0) is 99.6 Å². The summed E-state index contributed by atoms with van der Waals surface area (Å²) < 4.78 is 3.24. The number of hydrogen-bond acceptors (Lipinski definition) is 13. The summed E-state index contributed by atoms with van der Waals surface area (Å²) in [7, 11) is 3.34. The fraction of sp³-hybridized carbons (Fsp3) is 0.596. The van der Waals surface area contributed by atoms with E-state index in [1.54, 1.807) is 59.5 Å². The largest absolute Gasteiger partial charge is 0.347 e. The number of carbonyl (C=O) groups excluding carboxylic acids is 7. The Hall–Kier alpha value is -7.27. The Morgan fingerprint density at radius 1 is 0.588 bits per heavy atom. The molecule has 0 spiro atoms. The van der Waals surface area contributed by atoms with Crippen molar-refractivity contribution >= 4 is 41.5 Å². The third-order valence-corrected chi connectivity index (χ3v) is 16.3. The number of amides is 8. The van der Waals surface area contributed by atoms with E-state index in [0.717, 1.165) is 49.7 Å². The minimum atomic E-state index is -0.936. The molecule has 2 aromatic carbocycles. The van der Waals surface area contributed by atoms with Crippen molar-refractivity contribution in [3.05, 3.63) is 94.6 Å². The average molecular weight is 1100 g/mol. The zero-order chi connectivity index (χ0) is 57.6. The Balaban J connectivity index is 0.912. The molecule has 0 unspecified atom stereocenters. The van der Waals surface area contributed by atoms with Crippen molar-refractivity contribution < 1.29 is 33.6 Å². The molecule has 4 heterocycles. The number of urea groups is 1. The number of nitrogens with zero attached hydrogens (tertiary/aromatic N) is 8. The quantitative estimate of drug-likeness (QED) is 0.0713. The van der Waals surface area contributed by atoms with Gasteiger partial charge in [0.1, 0.15) is 35.6 Å². The first-order chi connectivity index (χ1) is 38.0. The predicted molar refractivity (Wildman–Crippen MR) is 298 cm³/mol. The van der Waals surface area contributed by atoms with Gasteiger partial charge in [-0.1, -0.05) is 101 Å². The van der Waals surface area contributed by atoms with Crippen LogP contribution in [0.5, 0.6) is 0 Å². The van der Waals surface area contributed by atoms with Gasteiger partial charge in [0.2, 0.25) is 35.4 Å². The number of likely N-dealkylation sites (tertiary alicyclic amines) is 2. The summed E-state index contributed by atoms with van der Waals surface area (Å²) in [6.07, 6.45) is 9.08. The SMILES string of the molecule is CN[C@@H](C)C(=O)N[C@H](C(=O)N1C[C@@H](n2cc(CNC(=O)NCc3cn([C@H]4C[C@@H](C(=O)N[C@@H]5CCCc6ccccc65)N(C(=O)[C@@H](NC(=O)[C@H](C)NC)C(C)(C)C)C4)nn3)nn2)C[C@H]1C(=O)N[C@@H]1CCCc2ccccc21)C(C)(C)C. The van der Waals surface area contributed by atoms with Crippen LogP contribution >= 0.6 is 0 Å². The third-order valence-electron chi connectivity index (χ3n) is 16.3. The molecule has 23 heteroatoms. The lowest BCUT2D eigenvalue weighted by atomic mass is 9.85. The molecule has 10 atom stereocenters. The summed E-state index contributed by atoms with van der Waals surface area (Å²) in [5.74, 6) is -2.00. The Kier molecular flexibility index (Phi) is 18.4. The average Bonchev–Trinajstić information content (AvgIpc) is 4.37. The standard InChI is InChI=1S/C57H82N16O7/c1-33(58-9)49(74)64-47(56(3,4)5)53(78)70-31-39(25-45(70)51(76)62-43-23-15-19-35-17-11-13-21-41(35)43)72-29-37(66-68-72)27-60-55(80)61-28-38-30-73(69-67-38)40-26-46(52(77)63-44-24-16-20-36-18-12-14-22-42(36)44)71(32-40)54(79)48(57(6,7)8)65-50(75)34(2)59-10/h11-14,17-18,21-22,29-30,33-34,39-40,43-48,58-59H,15-16,19-20,23-28,31-32H2,1-10H3,(H,62,76)(H,63,77)(H,64,74)(H,65,75)(H2,60,61,80)/t33-,34-,39-,40-,43+,44+,45-,46-,47+,48+/m0/s1. The summed E-state index contributed by atoms with van der Waals surface area (Å²) in [5.41, 5.74) is 4.01. The maximum atomic E-state index is 14.7. The molecule has 0 radical (unpaired) electrons. The van der Waals surface area contributed by atoms with Crippen LogP contribution in [0.1, 0.15) is 152 Å². The monoisotopic (exact) mass is 1100 g/mol. The first-order valence-corrected chi connectivity index (χ1v) is 28.2. The Bertz CT molecular complexity index is 2700. The van der Waals surface area contributed by atoms with Crippen molar-refractivity contribution in [3.63, 3.8) is 0 Å². The van der Waals surface area contributed by atoms with Crippen LogP contribution < -0.4 is 42.5 Å². The molecule has 0 saturated carbocycles. The Morgan fingerprint density at radius 3 is 1.35 bits per heavy atom. The van der Waals surface area contributed by atoms with E-state index in [2.05, 4.69) is 75.3 Å². The van der Waals surface area contributed by atoms with Crippen LogP contribution in [-0.4, -0.2) is 145 Å². The van der Waals surface area contributed by atoms with E-state index in [0.29, 0.717) is 11.4 Å². The minimum absolute atomic E-state index is 0.00633. The fourth-order valence-electron chi connectivity index (χ4n) is 11.3. The van der Waals surface area contributed by atoms with Crippen LogP contribution in [0.3, 0.4) is 0 Å². The van der Waals surface area contributed by atoms with Crippen molar-refractivity contribution in [1.82, 2.24) is 82.3 Å². The molecule has 432 valence electrons. The van der Waals surface area contributed by atoms with Crippen molar-refractivity contribution in [3.8, 4) is 0 Å². The minimum Gasteiger partial charge on any atom is -0.347 e. The topological polar surface area (TPSA) is 284 Å². The van der Waals surface area contributed by atoms with Crippen molar-refractivity contribution in [2.24, 2.45) is 10.8 Å². The number of hydrogen-bond donors (Lipinski definition) is 8. The lowest BCUT2D eigenvalue weighted by Gasteiger charge is -2.36. The van der Waals surface area contributed by atoms with Gasteiger partial charge >= 0.3 is 6.03 Å². The number of benzene rings is 2. The van der Waals surface area contributed by atoms with Gasteiger partial charge in [-0.15, -0.1) is 10.2 Å². The van der Waals surface area contributed by atoms with Gasteiger partial charge in [-0.25, -0.2) is 14.2 Å². The van der Waals surface area contributed by atoms with E-state index in [4.69, 9.17) is 0 Å². The summed E-state index contributed by atoms with van der Waals surface area (Å²) in [6.45, 7) is 15.0. The number of carbonyl (C=O) groups is 7. The smallest absolute Gasteiger partial charge is 0.315 e. The van der Waals surface area contributed by atoms with E-state index < -0.39 is 65.2 Å². The molecule has 2 saturated heterocycles. The van der Waals surface area contributed by atoms with Gasteiger partial charge in [0.25, 0.3) is 0 Å².